The molecule has 3 heterocycles. The molecule has 10 heteroatoms. The summed E-state index contributed by atoms with van der Waals surface area (Å²) in [5.41, 5.74) is 9.85. The number of nitrogens with zero attached hydrogens (tertiary/aromatic N) is 1. The van der Waals surface area contributed by atoms with Crippen molar-refractivity contribution in [1.82, 2.24) is 10.3 Å². The van der Waals surface area contributed by atoms with Crippen LogP contribution in [0.15, 0.2) is 53.0 Å². The van der Waals surface area contributed by atoms with E-state index in [9.17, 15) is 9.59 Å². The number of anilines is 2. The predicted molar refractivity (Wildman–Crippen MR) is 153 cm³/mol. The van der Waals surface area contributed by atoms with E-state index in [0.29, 0.717) is 61.5 Å². The number of benzene rings is 2. The molecule has 37 heavy (non-hydrogen) atoms. The van der Waals surface area contributed by atoms with Crippen molar-refractivity contribution in [2.45, 2.75) is 25.9 Å². The van der Waals surface area contributed by atoms with Crippen molar-refractivity contribution >= 4 is 72.3 Å². The Kier molecular flexibility index (Phi) is 7.48. The lowest BCUT2D eigenvalue weighted by Gasteiger charge is -2.15. The van der Waals surface area contributed by atoms with Gasteiger partial charge in [-0.3, -0.25) is 9.59 Å². The maximum atomic E-state index is 13.6. The Morgan fingerprint density at radius 1 is 1.16 bits per heavy atom. The molecular weight excluding hydrogens is 576 g/mol. The first kappa shape index (κ1) is 25.7. The first-order valence-electron chi connectivity index (χ1n) is 11.8. The number of hydrogen-bond acceptors (Lipinski definition) is 6. The minimum absolute atomic E-state index is 0.0152. The molecule has 1 unspecified atom stereocenters. The SMILES string of the molecule is Cc1nc2sc(C(=O)NCC3CCCO3)c(N)c2c(-c2ccc(Br)cc2)c1C(=O)Nc1ccc(Cl)cc1. The lowest BCUT2D eigenvalue weighted by Crippen LogP contribution is -2.31. The van der Waals surface area contributed by atoms with Gasteiger partial charge in [0.25, 0.3) is 11.8 Å². The Labute approximate surface area is 231 Å². The lowest BCUT2D eigenvalue weighted by atomic mass is 9.94. The zero-order valence-corrected chi connectivity index (χ0v) is 23.1. The first-order chi connectivity index (χ1) is 17.8. The highest BCUT2D eigenvalue weighted by Gasteiger charge is 2.27. The molecule has 7 nitrogen and oxygen atoms in total. The van der Waals surface area contributed by atoms with Crippen molar-refractivity contribution in [1.29, 1.82) is 0 Å². The number of carbonyl (C=O) groups excluding carboxylic acids is 2. The third-order valence-corrected chi connectivity index (χ3v) is 8.12. The van der Waals surface area contributed by atoms with E-state index in [2.05, 4.69) is 26.6 Å². The van der Waals surface area contributed by atoms with Crippen LogP contribution in [0.1, 0.15) is 38.6 Å². The molecule has 5 rings (SSSR count). The average molecular weight is 600 g/mol. The Morgan fingerprint density at radius 2 is 1.89 bits per heavy atom. The topological polar surface area (TPSA) is 106 Å². The molecule has 1 atom stereocenters. The number of aromatic nitrogens is 1. The van der Waals surface area contributed by atoms with Crippen LogP contribution in [-0.2, 0) is 4.74 Å². The normalized spacial score (nSPS) is 15.2. The van der Waals surface area contributed by atoms with Gasteiger partial charge >= 0.3 is 0 Å². The van der Waals surface area contributed by atoms with E-state index in [1.807, 2.05) is 24.3 Å². The summed E-state index contributed by atoms with van der Waals surface area (Å²) >= 11 is 10.7. The zero-order valence-electron chi connectivity index (χ0n) is 19.9. The van der Waals surface area contributed by atoms with Gasteiger partial charge in [-0.1, -0.05) is 39.7 Å². The number of thiophene rings is 1. The van der Waals surface area contributed by atoms with Gasteiger partial charge in [-0.25, -0.2) is 4.98 Å². The number of amides is 2. The first-order valence-corrected chi connectivity index (χ1v) is 13.8. The molecule has 2 aromatic heterocycles. The zero-order chi connectivity index (χ0) is 26.1. The van der Waals surface area contributed by atoms with Crippen LogP contribution in [0.25, 0.3) is 21.3 Å². The van der Waals surface area contributed by atoms with Crippen LogP contribution in [0, 0.1) is 6.92 Å². The molecule has 4 N–H and O–H groups in total. The van der Waals surface area contributed by atoms with Gasteiger partial charge in [0.2, 0.25) is 0 Å². The van der Waals surface area contributed by atoms with Gasteiger partial charge in [0.1, 0.15) is 9.71 Å². The van der Waals surface area contributed by atoms with E-state index >= 15 is 0 Å². The molecule has 190 valence electrons. The average Bonchev–Trinajstić information content (AvgIpc) is 3.51. The maximum Gasteiger partial charge on any atom is 0.263 e. The predicted octanol–water partition coefficient (Wildman–Crippen LogP) is 6.43. The van der Waals surface area contributed by atoms with Gasteiger partial charge in [-0.05, 0) is 61.7 Å². The number of nitrogen functional groups attached to an aromatic ring is 1. The van der Waals surface area contributed by atoms with Gasteiger partial charge < -0.3 is 21.1 Å². The third kappa shape index (κ3) is 5.36. The maximum absolute atomic E-state index is 13.6. The minimum atomic E-state index is -0.331. The largest absolute Gasteiger partial charge is 0.397 e. The summed E-state index contributed by atoms with van der Waals surface area (Å²) in [5.74, 6) is -0.607. The van der Waals surface area contributed by atoms with Gasteiger partial charge in [0.15, 0.2) is 0 Å². The standard InChI is InChI=1S/C27H24BrClN4O3S/c1-14-20(25(34)33-18-10-8-17(29)9-11-18)21(15-4-6-16(28)7-5-15)22-23(30)24(37-27(22)32-14)26(35)31-13-19-3-2-12-36-19/h4-11,19H,2-3,12-13,30H2,1H3,(H,31,35)(H,33,34). The van der Waals surface area contributed by atoms with Crippen molar-refractivity contribution in [2.24, 2.45) is 0 Å². The van der Waals surface area contributed by atoms with E-state index in [0.717, 1.165) is 22.9 Å². The summed E-state index contributed by atoms with van der Waals surface area (Å²) in [6.45, 7) is 2.92. The molecule has 0 radical (unpaired) electrons. The van der Waals surface area contributed by atoms with Gasteiger partial charge in [-0.2, -0.15) is 0 Å². The highest BCUT2D eigenvalue weighted by atomic mass is 79.9. The molecule has 1 saturated heterocycles. The number of fused-ring (bicyclic) bond motifs is 1. The number of ether oxygens (including phenoxy) is 1. The second kappa shape index (κ2) is 10.8. The molecular formula is C27H24BrClN4O3S. The van der Waals surface area contributed by atoms with E-state index in [1.54, 1.807) is 31.2 Å². The second-order valence-corrected chi connectivity index (χ2v) is 11.1. The fourth-order valence-corrected chi connectivity index (χ4v) is 5.89. The smallest absolute Gasteiger partial charge is 0.263 e. The molecule has 1 aliphatic heterocycles. The summed E-state index contributed by atoms with van der Waals surface area (Å²) in [6.07, 6.45) is 1.93. The number of nitrogens with two attached hydrogens (primary N) is 1. The summed E-state index contributed by atoms with van der Waals surface area (Å²) < 4.78 is 6.52. The molecule has 0 spiro atoms. The Morgan fingerprint density at radius 3 is 2.57 bits per heavy atom. The van der Waals surface area contributed by atoms with Crippen molar-refractivity contribution in [2.75, 3.05) is 24.2 Å². The van der Waals surface area contributed by atoms with E-state index < -0.39 is 0 Å². The van der Waals surface area contributed by atoms with Crippen LogP contribution in [-0.4, -0.2) is 36.1 Å². The third-order valence-electron chi connectivity index (χ3n) is 6.24. The van der Waals surface area contributed by atoms with Crippen LogP contribution in [0.3, 0.4) is 0 Å². The van der Waals surface area contributed by atoms with Gasteiger partial charge in [0.05, 0.1) is 23.0 Å². The molecule has 0 bridgehead atoms. The fourth-order valence-electron chi connectivity index (χ4n) is 4.44. The van der Waals surface area contributed by atoms with Crippen LogP contribution in [0.2, 0.25) is 5.02 Å². The molecule has 2 aromatic carbocycles. The van der Waals surface area contributed by atoms with Crippen LogP contribution in [0.4, 0.5) is 11.4 Å². The molecule has 2 amide bonds. The highest BCUT2D eigenvalue weighted by molar-refractivity contribution is 9.10. The summed E-state index contributed by atoms with van der Waals surface area (Å²) in [7, 11) is 0. The number of rotatable bonds is 6. The monoisotopic (exact) mass is 598 g/mol. The van der Waals surface area contributed by atoms with Crippen molar-refractivity contribution in [3.8, 4) is 11.1 Å². The molecule has 4 aromatic rings. The highest BCUT2D eigenvalue weighted by Crippen LogP contribution is 2.42. The van der Waals surface area contributed by atoms with Gasteiger partial charge in [-0.15, -0.1) is 11.3 Å². The fraction of sp³-hybridized carbons (Fsp3) is 0.222. The Hall–Kier alpha value is -2.98. The number of carbonyl (C=O) groups is 2. The number of pyridine rings is 1. The van der Waals surface area contributed by atoms with Crippen LogP contribution < -0.4 is 16.4 Å². The van der Waals surface area contributed by atoms with Crippen LogP contribution in [0.5, 0.6) is 0 Å². The number of halogens is 2. The van der Waals surface area contributed by atoms with Crippen LogP contribution >= 0.6 is 38.9 Å². The number of hydrogen-bond donors (Lipinski definition) is 3. The molecule has 1 aliphatic rings. The molecule has 0 aliphatic carbocycles. The van der Waals surface area contributed by atoms with E-state index in [4.69, 9.17) is 27.1 Å². The van der Waals surface area contributed by atoms with Gasteiger partial charge in [0, 0.05) is 39.3 Å². The van der Waals surface area contributed by atoms with Crippen molar-refractivity contribution < 1.29 is 14.3 Å². The van der Waals surface area contributed by atoms with Crippen molar-refractivity contribution in [3.05, 3.63) is 74.2 Å². The Balaban J connectivity index is 1.60. The van der Waals surface area contributed by atoms with E-state index in [-0.39, 0.29) is 17.9 Å². The number of aryl methyl sites for hydroxylation is 1. The Bertz CT molecular complexity index is 1480. The lowest BCUT2D eigenvalue weighted by molar-refractivity contribution is 0.0861. The minimum Gasteiger partial charge on any atom is -0.397 e. The van der Waals surface area contributed by atoms with E-state index in [1.165, 1.54) is 11.3 Å². The molecule has 1 fully saturated rings. The summed E-state index contributed by atoms with van der Waals surface area (Å²) in [6, 6.07) is 14.5. The summed E-state index contributed by atoms with van der Waals surface area (Å²) in [4.78, 5) is 32.4. The quantitative estimate of drug-likeness (QED) is 0.237. The number of nitrogens with one attached hydrogen (secondary N) is 2. The van der Waals surface area contributed by atoms with Crippen molar-refractivity contribution in [3.63, 3.8) is 0 Å². The summed E-state index contributed by atoms with van der Waals surface area (Å²) in [5, 5.41) is 7.03. The second-order valence-electron chi connectivity index (χ2n) is 8.79. The molecule has 0 saturated carbocycles.